The van der Waals surface area contributed by atoms with E-state index < -0.39 is 10.0 Å². The van der Waals surface area contributed by atoms with E-state index in [1.165, 1.54) is 30.0 Å². The summed E-state index contributed by atoms with van der Waals surface area (Å²) in [5.41, 5.74) is 2.35. The first-order valence-corrected chi connectivity index (χ1v) is 12.7. The zero-order chi connectivity index (χ0) is 21.4. The molecule has 1 aliphatic carbocycles. The van der Waals surface area contributed by atoms with E-state index in [0.717, 1.165) is 43.9 Å². The van der Waals surface area contributed by atoms with E-state index in [-0.39, 0.29) is 10.8 Å². The summed E-state index contributed by atoms with van der Waals surface area (Å²) in [4.78, 5) is 17.6. The van der Waals surface area contributed by atoms with E-state index in [1.807, 2.05) is 29.2 Å². The molecule has 2 heterocycles. The molecular formula is C24H29N3O3S. The van der Waals surface area contributed by atoms with Crippen molar-refractivity contribution < 1.29 is 13.2 Å². The molecule has 0 spiro atoms. The summed E-state index contributed by atoms with van der Waals surface area (Å²) in [6.45, 7) is 3.78. The molecule has 0 bridgehead atoms. The molecule has 5 rings (SSSR count). The van der Waals surface area contributed by atoms with Crippen molar-refractivity contribution in [1.29, 1.82) is 0 Å². The second-order valence-corrected chi connectivity index (χ2v) is 10.6. The Bertz CT molecular complexity index is 1050. The predicted octanol–water partition coefficient (Wildman–Crippen LogP) is 3.14. The molecule has 164 valence electrons. The van der Waals surface area contributed by atoms with Crippen LogP contribution in [0.3, 0.4) is 0 Å². The Morgan fingerprint density at radius 2 is 1.52 bits per heavy atom. The quantitative estimate of drug-likeness (QED) is 0.734. The molecule has 0 N–H and O–H groups in total. The lowest BCUT2D eigenvalue weighted by Crippen LogP contribution is -2.51. The van der Waals surface area contributed by atoms with Crippen LogP contribution in [-0.2, 0) is 16.4 Å². The smallest absolute Gasteiger partial charge is 0.264 e. The monoisotopic (exact) mass is 439 g/mol. The van der Waals surface area contributed by atoms with Crippen LogP contribution >= 0.6 is 0 Å². The zero-order valence-corrected chi connectivity index (χ0v) is 18.6. The van der Waals surface area contributed by atoms with Crippen LogP contribution in [0.15, 0.2) is 53.4 Å². The lowest BCUT2D eigenvalue weighted by Gasteiger charge is -2.38. The summed E-state index contributed by atoms with van der Waals surface area (Å²) in [6.07, 6.45) is 5.93. The van der Waals surface area contributed by atoms with E-state index in [9.17, 15) is 13.2 Å². The highest BCUT2D eigenvalue weighted by Gasteiger charge is 2.31. The number of carbonyl (C=O) groups is 1. The van der Waals surface area contributed by atoms with Crippen LogP contribution in [0.5, 0.6) is 0 Å². The summed E-state index contributed by atoms with van der Waals surface area (Å²) >= 11 is 0. The third-order valence-corrected chi connectivity index (χ3v) is 8.80. The Morgan fingerprint density at radius 1 is 0.839 bits per heavy atom. The molecule has 1 saturated heterocycles. The fraction of sp³-hybridized carbons (Fsp3) is 0.458. The number of rotatable bonds is 4. The highest BCUT2D eigenvalue weighted by molar-refractivity contribution is 7.92. The molecule has 2 aliphatic heterocycles. The topological polar surface area (TPSA) is 60.9 Å². The van der Waals surface area contributed by atoms with Crippen LogP contribution in [0.2, 0.25) is 0 Å². The summed E-state index contributed by atoms with van der Waals surface area (Å²) in [6, 6.07) is 14.8. The first-order valence-electron chi connectivity index (χ1n) is 11.3. The maximum absolute atomic E-state index is 13.2. The van der Waals surface area contributed by atoms with Crippen molar-refractivity contribution in [3.8, 4) is 0 Å². The van der Waals surface area contributed by atoms with Gasteiger partial charge in [-0.3, -0.25) is 14.0 Å². The first-order chi connectivity index (χ1) is 15.0. The van der Waals surface area contributed by atoms with Gasteiger partial charge in [-0.1, -0.05) is 31.0 Å². The van der Waals surface area contributed by atoms with E-state index in [2.05, 4.69) is 4.90 Å². The fourth-order valence-corrected chi connectivity index (χ4v) is 6.70. The number of carbonyl (C=O) groups excluding carboxylic acids is 1. The minimum absolute atomic E-state index is 0.0125. The molecule has 0 unspecified atom stereocenters. The molecule has 0 aromatic heterocycles. The van der Waals surface area contributed by atoms with Crippen LogP contribution in [0, 0.1) is 0 Å². The van der Waals surface area contributed by atoms with Gasteiger partial charge in [0.1, 0.15) is 0 Å². The Morgan fingerprint density at radius 3 is 2.23 bits per heavy atom. The standard InChI is InChI=1S/C24H29N3O3S/c28-24(26-17-15-25(16-18-26)21-6-2-3-7-21)20-9-11-22(12-10-20)31(29,30)27-14-13-19-5-1-4-8-23(19)27/h1,4-5,8-12,21H,2-3,6-7,13-18H2. The molecule has 2 aromatic carbocycles. The highest BCUT2D eigenvalue weighted by Crippen LogP contribution is 2.32. The number of fused-ring (bicyclic) bond motifs is 1. The van der Waals surface area contributed by atoms with Gasteiger partial charge in [-0.25, -0.2) is 8.42 Å². The van der Waals surface area contributed by atoms with E-state index in [0.29, 0.717) is 18.2 Å². The molecule has 1 saturated carbocycles. The fourth-order valence-electron chi connectivity index (χ4n) is 5.20. The van der Waals surface area contributed by atoms with Crippen molar-refractivity contribution in [3.63, 3.8) is 0 Å². The van der Waals surface area contributed by atoms with Crippen LogP contribution in [0.4, 0.5) is 5.69 Å². The van der Waals surface area contributed by atoms with Crippen molar-refractivity contribution in [1.82, 2.24) is 9.80 Å². The summed E-state index contributed by atoms with van der Waals surface area (Å²) in [7, 11) is -3.63. The van der Waals surface area contributed by atoms with Crippen LogP contribution in [0.1, 0.15) is 41.6 Å². The molecule has 6 nitrogen and oxygen atoms in total. The zero-order valence-electron chi connectivity index (χ0n) is 17.7. The highest BCUT2D eigenvalue weighted by atomic mass is 32.2. The average molecular weight is 440 g/mol. The minimum Gasteiger partial charge on any atom is -0.336 e. The van der Waals surface area contributed by atoms with Gasteiger partial charge in [-0.15, -0.1) is 0 Å². The van der Waals surface area contributed by atoms with Gasteiger partial charge in [0.05, 0.1) is 10.6 Å². The third kappa shape index (κ3) is 3.85. The van der Waals surface area contributed by atoms with Crippen LogP contribution < -0.4 is 4.31 Å². The summed E-state index contributed by atoms with van der Waals surface area (Å²) in [5, 5.41) is 0. The Balaban J connectivity index is 1.26. The second-order valence-electron chi connectivity index (χ2n) is 8.75. The molecule has 3 aliphatic rings. The van der Waals surface area contributed by atoms with Gasteiger partial charge in [-0.2, -0.15) is 0 Å². The summed E-state index contributed by atoms with van der Waals surface area (Å²) < 4.78 is 27.8. The summed E-state index contributed by atoms with van der Waals surface area (Å²) in [5.74, 6) is -0.0125. The molecule has 1 amide bonds. The third-order valence-electron chi connectivity index (χ3n) is 6.98. The maximum Gasteiger partial charge on any atom is 0.264 e. The SMILES string of the molecule is O=C(c1ccc(S(=O)(=O)N2CCc3ccccc32)cc1)N1CCN(C2CCCC2)CC1. The van der Waals surface area contributed by atoms with Gasteiger partial charge in [0.15, 0.2) is 0 Å². The van der Waals surface area contributed by atoms with E-state index in [1.54, 1.807) is 24.3 Å². The Labute approximate surface area is 184 Å². The maximum atomic E-state index is 13.2. The van der Waals surface area contributed by atoms with Crippen molar-refractivity contribution in [3.05, 3.63) is 59.7 Å². The number of sulfonamides is 1. The first kappa shape index (κ1) is 20.5. The minimum atomic E-state index is -3.63. The normalized spacial score (nSPS) is 20.3. The van der Waals surface area contributed by atoms with Gasteiger partial charge in [0.25, 0.3) is 15.9 Å². The van der Waals surface area contributed by atoms with Gasteiger partial charge in [-0.05, 0) is 55.2 Å². The number of nitrogens with zero attached hydrogens (tertiary/aromatic N) is 3. The molecule has 31 heavy (non-hydrogen) atoms. The molecule has 2 aromatic rings. The predicted molar refractivity (Wildman–Crippen MR) is 121 cm³/mol. The number of amides is 1. The Kier molecular flexibility index (Phi) is 5.48. The van der Waals surface area contributed by atoms with Gasteiger partial charge in [0, 0.05) is 44.3 Å². The number of hydrogen-bond donors (Lipinski definition) is 0. The van der Waals surface area contributed by atoms with Crippen molar-refractivity contribution >= 4 is 21.6 Å². The van der Waals surface area contributed by atoms with E-state index >= 15 is 0 Å². The second kappa shape index (κ2) is 8.28. The molecular weight excluding hydrogens is 410 g/mol. The van der Waals surface area contributed by atoms with Gasteiger partial charge < -0.3 is 4.90 Å². The van der Waals surface area contributed by atoms with Crippen molar-refractivity contribution in [2.75, 3.05) is 37.0 Å². The largest absolute Gasteiger partial charge is 0.336 e. The lowest BCUT2D eigenvalue weighted by atomic mass is 10.1. The van der Waals surface area contributed by atoms with Crippen molar-refractivity contribution in [2.24, 2.45) is 0 Å². The molecule has 2 fully saturated rings. The lowest BCUT2D eigenvalue weighted by molar-refractivity contribution is 0.0573. The Hall–Kier alpha value is -2.38. The van der Waals surface area contributed by atoms with Crippen molar-refractivity contribution in [2.45, 2.75) is 43.0 Å². The van der Waals surface area contributed by atoms with Gasteiger partial charge >= 0.3 is 0 Å². The number of anilines is 1. The van der Waals surface area contributed by atoms with Crippen LogP contribution in [0.25, 0.3) is 0 Å². The number of piperazine rings is 1. The molecule has 7 heteroatoms. The van der Waals surface area contributed by atoms with Gasteiger partial charge in [0.2, 0.25) is 0 Å². The van der Waals surface area contributed by atoms with Crippen LogP contribution in [-0.4, -0.2) is 62.9 Å². The number of hydrogen-bond acceptors (Lipinski definition) is 4. The number of benzene rings is 2. The average Bonchev–Trinajstić information content (AvgIpc) is 3.49. The molecule has 0 atom stereocenters. The van der Waals surface area contributed by atoms with E-state index in [4.69, 9.17) is 0 Å². The molecule has 0 radical (unpaired) electrons. The number of para-hydroxylation sites is 1.